The van der Waals surface area contributed by atoms with Crippen LogP contribution in [0.15, 0.2) is 24.3 Å². The topological polar surface area (TPSA) is 51.2 Å². The molecule has 1 aliphatic heterocycles. The van der Waals surface area contributed by atoms with E-state index >= 15 is 0 Å². The number of amides is 1. The number of hydrogen-bond donors (Lipinski definition) is 1. The molecule has 5 heteroatoms. The van der Waals surface area contributed by atoms with E-state index in [4.69, 9.17) is 4.74 Å². The second-order valence-corrected chi connectivity index (χ2v) is 6.71. The van der Waals surface area contributed by atoms with Crippen LogP contribution in [0, 0.1) is 6.92 Å². The Hall–Kier alpha value is -1.88. The standard InChI is InChI=1S/C17H20N2O2S/c1-3-13-16(22-11(2)19-13)10-18-17(20)15-9-8-12-6-4-5-7-14(12)21-15/h4-7,15H,3,8-10H2,1-2H3,(H,18,20). The van der Waals surface area contributed by atoms with Gasteiger partial charge in [0.05, 0.1) is 17.2 Å². The number of nitrogens with zero attached hydrogens (tertiary/aromatic N) is 1. The first-order valence-corrected chi connectivity index (χ1v) is 8.46. The summed E-state index contributed by atoms with van der Waals surface area (Å²) in [5.41, 5.74) is 2.26. The lowest BCUT2D eigenvalue weighted by atomic mass is 10.0. The van der Waals surface area contributed by atoms with Gasteiger partial charge in [0.1, 0.15) is 5.75 Å². The van der Waals surface area contributed by atoms with Crippen LogP contribution in [-0.2, 0) is 24.2 Å². The number of aromatic nitrogens is 1. The van der Waals surface area contributed by atoms with Gasteiger partial charge in [0.2, 0.25) is 0 Å². The zero-order valence-corrected chi connectivity index (χ0v) is 13.7. The van der Waals surface area contributed by atoms with Crippen molar-refractivity contribution in [2.24, 2.45) is 0 Å². The Kier molecular flexibility index (Phi) is 4.43. The van der Waals surface area contributed by atoms with Gasteiger partial charge in [-0.1, -0.05) is 25.1 Å². The van der Waals surface area contributed by atoms with Crippen LogP contribution in [0.25, 0.3) is 0 Å². The Morgan fingerprint density at radius 3 is 3.09 bits per heavy atom. The van der Waals surface area contributed by atoms with Crippen molar-refractivity contribution in [3.05, 3.63) is 45.4 Å². The number of hydrogen-bond acceptors (Lipinski definition) is 4. The molecule has 0 saturated carbocycles. The molecule has 2 aromatic rings. The van der Waals surface area contributed by atoms with Crippen LogP contribution in [-0.4, -0.2) is 17.0 Å². The number of thiazole rings is 1. The van der Waals surface area contributed by atoms with Crippen molar-refractivity contribution >= 4 is 17.2 Å². The lowest BCUT2D eigenvalue weighted by Crippen LogP contribution is -2.40. The minimum atomic E-state index is -0.394. The number of benzene rings is 1. The van der Waals surface area contributed by atoms with Crippen molar-refractivity contribution in [1.29, 1.82) is 0 Å². The first kappa shape index (κ1) is 15.0. The summed E-state index contributed by atoms with van der Waals surface area (Å²) in [5, 5.41) is 4.04. The van der Waals surface area contributed by atoms with Gasteiger partial charge in [0.25, 0.3) is 5.91 Å². The van der Waals surface area contributed by atoms with Crippen LogP contribution in [0.5, 0.6) is 5.75 Å². The fourth-order valence-corrected chi connectivity index (χ4v) is 3.68. The molecule has 0 saturated heterocycles. The molecule has 2 heterocycles. The minimum absolute atomic E-state index is 0.0393. The number of nitrogens with one attached hydrogen (secondary N) is 1. The van der Waals surface area contributed by atoms with Gasteiger partial charge < -0.3 is 10.1 Å². The van der Waals surface area contributed by atoms with Crippen molar-refractivity contribution in [1.82, 2.24) is 10.3 Å². The molecule has 1 N–H and O–H groups in total. The van der Waals surface area contributed by atoms with Gasteiger partial charge in [-0.05, 0) is 37.8 Å². The summed E-state index contributed by atoms with van der Waals surface area (Å²) in [6, 6.07) is 7.92. The number of carbonyl (C=O) groups is 1. The van der Waals surface area contributed by atoms with Gasteiger partial charge in [-0.25, -0.2) is 4.98 Å². The van der Waals surface area contributed by atoms with Crippen LogP contribution >= 0.6 is 11.3 Å². The molecule has 1 aromatic heterocycles. The zero-order valence-electron chi connectivity index (χ0n) is 12.9. The molecule has 1 amide bonds. The smallest absolute Gasteiger partial charge is 0.261 e. The average molecular weight is 316 g/mol. The molecule has 4 nitrogen and oxygen atoms in total. The van der Waals surface area contributed by atoms with Gasteiger partial charge in [-0.15, -0.1) is 11.3 Å². The summed E-state index contributed by atoms with van der Waals surface area (Å²) < 4.78 is 5.82. The highest BCUT2D eigenvalue weighted by atomic mass is 32.1. The molecule has 1 aliphatic rings. The van der Waals surface area contributed by atoms with E-state index < -0.39 is 6.10 Å². The van der Waals surface area contributed by atoms with E-state index in [2.05, 4.69) is 23.3 Å². The lowest BCUT2D eigenvalue weighted by Gasteiger charge is -2.25. The van der Waals surface area contributed by atoms with E-state index in [0.717, 1.165) is 40.6 Å². The summed E-state index contributed by atoms with van der Waals surface area (Å²) in [5.74, 6) is 0.791. The normalized spacial score (nSPS) is 16.7. The number of ether oxygens (including phenoxy) is 1. The van der Waals surface area contributed by atoms with E-state index in [9.17, 15) is 4.79 Å². The van der Waals surface area contributed by atoms with Crippen LogP contribution in [0.4, 0.5) is 0 Å². The van der Waals surface area contributed by atoms with Crippen molar-refractivity contribution in [3.8, 4) is 5.75 Å². The quantitative estimate of drug-likeness (QED) is 0.943. The summed E-state index contributed by atoms with van der Waals surface area (Å²) in [6.45, 7) is 4.62. The van der Waals surface area contributed by atoms with Gasteiger partial charge in [-0.2, -0.15) is 0 Å². The minimum Gasteiger partial charge on any atom is -0.480 e. The van der Waals surface area contributed by atoms with Gasteiger partial charge in [0, 0.05) is 4.88 Å². The third kappa shape index (κ3) is 3.14. The van der Waals surface area contributed by atoms with E-state index in [0.29, 0.717) is 6.54 Å². The molecule has 0 radical (unpaired) electrons. The van der Waals surface area contributed by atoms with Gasteiger partial charge >= 0.3 is 0 Å². The maximum atomic E-state index is 12.3. The van der Waals surface area contributed by atoms with E-state index in [1.165, 1.54) is 5.56 Å². The molecular formula is C17H20N2O2S. The van der Waals surface area contributed by atoms with E-state index in [1.807, 2.05) is 25.1 Å². The predicted octanol–water partition coefficient (Wildman–Crippen LogP) is 3.02. The Balaban J connectivity index is 1.61. The van der Waals surface area contributed by atoms with Crippen LogP contribution in [0.2, 0.25) is 0 Å². The molecule has 0 fully saturated rings. The van der Waals surface area contributed by atoms with Crippen LogP contribution in [0.1, 0.15) is 34.5 Å². The summed E-state index contributed by atoms with van der Waals surface area (Å²) in [6.07, 6.45) is 2.11. The number of fused-ring (bicyclic) bond motifs is 1. The highest BCUT2D eigenvalue weighted by Crippen LogP contribution is 2.27. The molecule has 116 valence electrons. The molecule has 3 rings (SSSR count). The van der Waals surface area contributed by atoms with Crippen molar-refractivity contribution < 1.29 is 9.53 Å². The van der Waals surface area contributed by atoms with E-state index in [1.54, 1.807) is 11.3 Å². The molecule has 0 bridgehead atoms. The lowest BCUT2D eigenvalue weighted by molar-refractivity contribution is -0.128. The molecule has 0 aliphatic carbocycles. The largest absolute Gasteiger partial charge is 0.480 e. The third-order valence-electron chi connectivity index (χ3n) is 3.85. The first-order valence-electron chi connectivity index (χ1n) is 7.65. The maximum Gasteiger partial charge on any atom is 0.261 e. The molecule has 22 heavy (non-hydrogen) atoms. The highest BCUT2D eigenvalue weighted by molar-refractivity contribution is 7.11. The Bertz CT molecular complexity index is 681. The second kappa shape index (κ2) is 6.48. The molecule has 0 spiro atoms. The molecule has 1 aromatic carbocycles. The molecular weight excluding hydrogens is 296 g/mol. The summed E-state index contributed by atoms with van der Waals surface area (Å²) >= 11 is 1.65. The SMILES string of the molecule is CCc1nc(C)sc1CNC(=O)C1CCc2ccccc2O1. The number of aryl methyl sites for hydroxylation is 3. The van der Waals surface area contributed by atoms with E-state index in [-0.39, 0.29) is 5.91 Å². The Morgan fingerprint density at radius 1 is 1.45 bits per heavy atom. The van der Waals surface area contributed by atoms with Crippen molar-refractivity contribution in [2.75, 3.05) is 0 Å². The zero-order chi connectivity index (χ0) is 15.5. The van der Waals surface area contributed by atoms with Crippen LogP contribution < -0.4 is 10.1 Å². The maximum absolute atomic E-state index is 12.3. The second-order valence-electron chi connectivity index (χ2n) is 5.43. The average Bonchev–Trinajstić information content (AvgIpc) is 2.92. The summed E-state index contributed by atoms with van der Waals surface area (Å²) in [7, 11) is 0. The molecule has 1 atom stereocenters. The predicted molar refractivity (Wildman–Crippen MR) is 87.3 cm³/mol. The monoisotopic (exact) mass is 316 g/mol. The summed E-state index contributed by atoms with van der Waals surface area (Å²) in [4.78, 5) is 18.0. The first-order chi connectivity index (χ1) is 10.7. The number of para-hydroxylation sites is 1. The fraction of sp³-hybridized carbons (Fsp3) is 0.412. The number of rotatable bonds is 4. The third-order valence-corrected chi connectivity index (χ3v) is 4.87. The fourth-order valence-electron chi connectivity index (χ4n) is 2.72. The van der Waals surface area contributed by atoms with Crippen molar-refractivity contribution in [3.63, 3.8) is 0 Å². The van der Waals surface area contributed by atoms with Crippen LogP contribution in [0.3, 0.4) is 0 Å². The Morgan fingerprint density at radius 2 is 2.27 bits per heavy atom. The van der Waals surface area contributed by atoms with Crippen molar-refractivity contribution in [2.45, 2.75) is 45.8 Å². The molecule has 1 unspecified atom stereocenters. The Labute approximate surface area is 134 Å². The highest BCUT2D eigenvalue weighted by Gasteiger charge is 2.25. The van der Waals surface area contributed by atoms with Gasteiger partial charge in [-0.3, -0.25) is 4.79 Å². The van der Waals surface area contributed by atoms with Gasteiger partial charge in [0.15, 0.2) is 6.10 Å². The number of carbonyl (C=O) groups excluding carboxylic acids is 1.